The highest BCUT2D eigenvalue weighted by molar-refractivity contribution is 7.22. The van der Waals surface area contributed by atoms with E-state index >= 15 is 0 Å². The van der Waals surface area contributed by atoms with E-state index in [1.54, 1.807) is 0 Å². The number of aromatic hydroxyl groups is 1. The summed E-state index contributed by atoms with van der Waals surface area (Å²) in [7, 11) is 0. The first kappa shape index (κ1) is 14.2. The van der Waals surface area contributed by atoms with Gasteiger partial charge in [-0.3, -0.25) is 14.8 Å². The van der Waals surface area contributed by atoms with E-state index in [-0.39, 0.29) is 5.56 Å². The average molecular weight is 316 g/mol. The van der Waals surface area contributed by atoms with Gasteiger partial charge in [-0.25, -0.2) is 14.8 Å². The Labute approximate surface area is 128 Å². The van der Waals surface area contributed by atoms with Gasteiger partial charge < -0.3 is 5.11 Å². The van der Waals surface area contributed by atoms with Crippen molar-refractivity contribution < 1.29 is 5.11 Å². The number of fused-ring (bicyclic) bond motifs is 1. The normalized spacial score (nSPS) is 11.5. The minimum atomic E-state index is -0.772. The number of nitrogens with one attached hydrogen (secondary N) is 2. The molecule has 0 aliphatic carbocycles. The van der Waals surface area contributed by atoms with E-state index in [0.29, 0.717) is 5.13 Å². The van der Waals surface area contributed by atoms with E-state index in [0.717, 1.165) is 16.6 Å². The van der Waals surface area contributed by atoms with Gasteiger partial charge in [0.25, 0.3) is 5.56 Å². The number of thiazole rings is 1. The third kappa shape index (κ3) is 2.68. The third-order valence-electron chi connectivity index (χ3n) is 3.11. The van der Waals surface area contributed by atoms with Gasteiger partial charge in [-0.2, -0.15) is 0 Å². The zero-order valence-corrected chi connectivity index (χ0v) is 12.4. The number of hydrogen-bond acceptors (Lipinski definition) is 6. The summed E-state index contributed by atoms with van der Waals surface area (Å²) in [6.45, 7) is 2.08. The standard InChI is InChI=1S/C14H12N4O3S/c1-2-7-3-4-9-10(5-7)22-14(16-9)15-6-8-11(19)17-13(21)18-12(8)20/h3-6H,2H2,1H3,(H3,17,18,19,20,21). The number of aliphatic imine (C=N–C) groups is 1. The van der Waals surface area contributed by atoms with Crippen LogP contribution in [0.2, 0.25) is 0 Å². The van der Waals surface area contributed by atoms with Gasteiger partial charge >= 0.3 is 5.69 Å². The minimum Gasteiger partial charge on any atom is -0.494 e. The molecule has 0 aliphatic rings. The number of benzene rings is 1. The van der Waals surface area contributed by atoms with Gasteiger partial charge in [-0.05, 0) is 24.1 Å². The van der Waals surface area contributed by atoms with E-state index < -0.39 is 17.1 Å². The Bertz CT molecular complexity index is 984. The molecule has 0 bridgehead atoms. The molecule has 22 heavy (non-hydrogen) atoms. The van der Waals surface area contributed by atoms with Crippen LogP contribution in [0.25, 0.3) is 10.2 Å². The van der Waals surface area contributed by atoms with Crippen molar-refractivity contribution in [2.45, 2.75) is 13.3 Å². The second-order valence-electron chi connectivity index (χ2n) is 4.58. The van der Waals surface area contributed by atoms with Gasteiger partial charge in [0.05, 0.1) is 10.2 Å². The smallest absolute Gasteiger partial charge is 0.328 e. The zero-order chi connectivity index (χ0) is 15.7. The van der Waals surface area contributed by atoms with E-state index in [1.807, 2.05) is 17.1 Å². The molecule has 0 saturated heterocycles. The Hall–Kier alpha value is -2.74. The van der Waals surface area contributed by atoms with E-state index in [2.05, 4.69) is 28.0 Å². The lowest BCUT2D eigenvalue weighted by atomic mass is 10.2. The molecule has 0 radical (unpaired) electrons. The van der Waals surface area contributed by atoms with Crippen LogP contribution < -0.4 is 11.2 Å². The number of aromatic nitrogens is 3. The van der Waals surface area contributed by atoms with Crippen LogP contribution in [0.4, 0.5) is 5.13 Å². The van der Waals surface area contributed by atoms with Crippen LogP contribution in [0.5, 0.6) is 5.88 Å². The van der Waals surface area contributed by atoms with Crippen molar-refractivity contribution in [3.05, 3.63) is 50.2 Å². The SMILES string of the molecule is CCc1ccc2nc(N=Cc3c(O)[nH]c(=O)[nH]c3=O)sc2c1. The second kappa shape index (κ2) is 5.57. The van der Waals surface area contributed by atoms with E-state index in [1.165, 1.54) is 23.1 Å². The van der Waals surface area contributed by atoms with Crippen molar-refractivity contribution in [1.29, 1.82) is 0 Å². The minimum absolute atomic E-state index is 0.117. The fraction of sp³-hybridized carbons (Fsp3) is 0.143. The van der Waals surface area contributed by atoms with Crippen LogP contribution in [-0.2, 0) is 6.42 Å². The van der Waals surface area contributed by atoms with Crippen molar-refractivity contribution >= 4 is 32.9 Å². The lowest BCUT2D eigenvalue weighted by molar-refractivity contribution is 0.447. The topological polar surface area (TPSA) is 111 Å². The molecule has 0 fully saturated rings. The van der Waals surface area contributed by atoms with Crippen LogP contribution in [0.3, 0.4) is 0 Å². The lowest BCUT2D eigenvalue weighted by Gasteiger charge is -1.94. The maximum Gasteiger partial charge on any atom is 0.328 e. The molecule has 0 atom stereocenters. The van der Waals surface area contributed by atoms with Crippen LogP contribution in [0, 0.1) is 0 Å². The van der Waals surface area contributed by atoms with Crippen molar-refractivity contribution in [2.75, 3.05) is 0 Å². The van der Waals surface area contributed by atoms with Crippen LogP contribution in [0.15, 0.2) is 32.8 Å². The molecule has 3 rings (SSSR count). The van der Waals surface area contributed by atoms with Crippen LogP contribution in [-0.4, -0.2) is 26.3 Å². The predicted octanol–water partition coefficient (Wildman–Crippen LogP) is 1.69. The highest BCUT2D eigenvalue weighted by atomic mass is 32.1. The Morgan fingerprint density at radius 1 is 1.36 bits per heavy atom. The summed E-state index contributed by atoms with van der Waals surface area (Å²) in [5.41, 5.74) is 0.439. The number of hydrogen-bond donors (Lipinski definition) is 3. The largest absolute Gasteiger partial charge is 0.494 e. The molecule has 7 nitrogen and oxygen atoms in total. The average Bonchev–Trinajstić information content (AvgIpc) is 2.87. The van der Waals surface area contributed by atoms with Crippen LogP contribution >= 0.6 is 11.3 Å². The number of H-pyrrole nitrogens is 2. The molecule has 0 amide bonds. The van der Waals surface area contributed by atoms with Gasteiger partial charge in [0.15, 0.2) is 0 Å². The third-order valence-corrected chi connectivity index (χ3v) is 4.04. The van der Waals surface area contributed by atoms with Gasteiger partial charge in [0.1, 0.15) is 5.56 Å². The molecule has 1 aromatic carbocycles. The second-order valence-corrected chi connectivity index (χ2v) is 5.59. The highest BCUT2D eigenvalue weighted by Gasteiger charge is 2.07. The fourth-order valence-corrected chi connectivity index (χ4v) is 2.83. The van der Waals surface area contributed by atoms with E-state index in [4.69, 9.17) is 0 Å². The van der Waals surface area contributed by atoms with Gasteiger partial charge in [0, 0.05) is 6.21 Å². The van der Waals surface area contributed by atoms with Crippen molar-refractivity contribution in [2.24, 2.45) is 4.99 Å². The highest BCUT2D eigenvalue weighted by Crippen LogP contribution is 2.28. The molecule has 0 aliphatic heterocycles. The monoisotopic (exact) mass is 316 g/mol. The Morgan fingerprint density at radius 2 is 2.18 bits per heavy atom. The molecular weight excluding hydrogens is 304 g/mol. The molecule has 8 heteroatoms. The summed E-state index contributed by atoms with van der Waals surface area (Å²) in [4.78, 5) is 35.1. The first-order valence-electron chi connectivity index (χ1n) is 6.56. The number of nitrogens with zero attached hydrogens (tertiary/aromatic N) is 2. The molecule has 0 saturated carbocycles. The number of rotatable bonds is 3. The van der Waals surface area contributed by atoms with Gasteiger partial charge in [-0.1, -0.05) is 24.3 Å². The number of aromatic amines is 2. The summed E-state index contributed by atoms with van der Waals surface area (Å²) < 4.78 is 1.01. The molecule has 2 aromatic heterocycles. The zero-order valence-electron chi connectivity index (χ0n) is 11.6. The fourth-order valence-electron chi connectivity index (χ4n) is 1.96. The Balaban J connectivity index is 1.99. The van der Waals surface area contributed by atoms with Crippen molar-refractivity contribution in [3.63, 3.8) is 0 Å². The molecule has 0 spiro atoms. The summed E-state index contributed by atoms with van der Waals surface area (Å²) in [5, 5.41) is 10.0. The quantitative estimate of drug-likeness (QED) is 0.638. The molecule has 0 unspecified atom stereocenters. The summed E-state index contributed by atoms with van der Waals surface area (Å²) >= 11 is 1.39. The van der Waals surface area contributed by atoms with E-state index in [9.17, 15) is 14.7 Å². The first-order chi connectivity index (χ1) is 10.6. The van der Waals surface area contributed by atoms with Crippen molar-refractivity contribution in [3.8, 4) is 5.88 Å². The summed E-state index contributed by atoms with van der Waals surface area (Å²) in [6.07, 6.45) is 2.12. The summed E-state index contributed by atoms with van der Waals surface area (Å²) in [5.74, 6) is -0.521. The Morgan fingerprint density at radius 3 is 2.91 bits per heavy atom. The van der Waals surface area contributed by atoms with Crippen LogP contribution in [0.1, 0.15) is 18.1 Å². The molecule has 2 heterocycles. The first-order valence-corrected chi connectivity index (χ1v) is 7.37. The van der Waals surface area contributed by atoms with Crippen molar-refractivity contribution in [1.82, 2.24) is 15.0 Å². The lowest BCUT2D eigenvalue weighted by Crippen LogP contribution is -2.24. The summed E-state index contributed by atoms with van der Waals surface area (Å²) in [6, 6.07) is 5.98. The number of aryl methyl sites for hydroxylation is 1. The van der Waals surface area contributed by atoms with Gasteiger partial charge in [0.2, 0.25) is 11.0 Å². The maximum atomic E-state index is 11.6. The maximum absolute atomic E-state index is 11.6. The molecule has 112 valence electrons. The van der Waals surface area contributed by atoms with Gasteiger partial charge in [-0.15, -0.1) is 0 Å². The molecule has 3 N–H and O–H groups in total. The molecular formula is C14H12N4O3S. The molecule has 3 aromatic rings. The predicted molar refractivity (Wildman–Crippen MR) is 85.6 cm³/mol. The Kier molecular flexibility index (Phi) is 3.60.